The first-order valence-corrected chi connectivity index (χ1v) is 9.80. The Morgan fingerprint density at radius 1 is 1.10 bits per heavy atom. The minimum atomic E-state index is -0.977. The third-order valence-corrected chi connectivity index (χ3v) is 5.17. The molecule has 0 saturated carbocycles. The Balaban J connectivity index is 1.81. The molecule has 6 nitrogen and oxygen atoms in total. The van der Waals surface area contributed by atoms with Crippen LogP contribution in [0.5, 0.6) is 0 Å². The smallest absolute Gasteiger partial charge is 0.185 e. The molecule has 0 aliphatic carbocycles. The zero-order valence-corrected chi connectivity index (χ0v) is 17.1. The summed E-state index contributed by atoms with van der Waals surface area (Å²) in [7, 11) is 0. The molecule has 158 valence electrons. The van der Waals surface area contributed by atoms with Crippen molar-refractivity contribution in [2.24, 2.45) is 5.41 Å². The van der Waals surface area contributed by atoms with Crippen LogP contribution in [-0.2, 0) is 14.2 Å². The van der Waals surface area contributed by atoms with Gasteiger partial charge in [0.05, 0.1) is 42.9 Å². The summed E-state index contributed by atoms with van der Waals surface area (Å²) in [6.07, 6.45) is -0.892. The van der Waals surface area contributed by atoms with Crippen molar-refractivity contribution in [3.8, 4) is 11.3 Å². The topological polar surface area (TPSA) is 57.0 Å². The summed E-state index contributed by atoms with van der Waals surface area (Å²) in [6.45, 7) is 9.92. The molecule has 1 atom stereocenters. The van der Waals surface area contributed by atoms with E-state index in [4.69, 9.17) is 18.7 Å². The Morgan fingerprint density at radius 2 is 1.83 bits per heavy atom. The number of hydrogen-bond donors (Lipinski definition) is 0. The Bertz CT molecular complexity index is 889. The van der Waals surface area contributed by atoms with E-state index in [0.717, 1.165) is 0 Å². The lowest BCUT2D eigenvalue weighted by atomic mass is 9.95. The highest BCUT2D eigenvalue weighted by atomic mass is 19.2. The van der Waals surface area contributed by atoms with E-state index in [0.29, 0.717) is 44.2 Å². The molecular formula is C21H26F2N2O4. The molecule has 0 N–H and O–H groups in total. The number of rotatable bonds is 3. The van der Waals surface area contributed by atoms with Gasteiger partial charge in [-0.15, -0.1) is 0 Å². The highest BCUT2D eigenvalue weighted by molar-refractivity contribution is 5.68. The van der Waals surface area contributed by atoms with Crippen LogP contribution in [0.4, 0.5) is 14.5 Å². The lowest BCUT2D eigenvalue weighted by Crippen LogP contribution is -2.43. The SMILES string of the molecule is Cc1cc(-c2cc(C3OCC(C)(C)CO3)c(N3CCO[C@H](C)C3)c(F)c2F)on1. The summed E-state index contributed by atoms with van der Waals surface area (Å²) in [6, 6.07) is 3.13. The molecule has 8 heteroatoms. The van der Waals surface area contributed by atoms with Crippen molar-refractivity contribution >= 4 is 5.69 Å². The number of ether oxygens (including phenoxy) is 3. The van der Waals surface area contributed by atoms with Gasteiger partial charge in [-0.25, -0.2) is 8.78 Å². The van der Waals surface area contributed by atoms with E-state index in [-0.39, 0.29) is 28.5 Å². The van der Waals surface area contributed by atoms with E-state index in [1.165, 1.54) is 0 Å². The van der Waals surface area contributed by atoms with Crippen LogP contribution in [0.3, 0.4) is 0 Å². The summed E-state index contributed by atoms with van der Waals surface area (Å²) in [4.78, 5) is 1.80. The zero-order valence-electron chi connectivity index (χ0n) is 17.1. The molecule has 29 heavy (non-hydrogen) atoms. The number of aromatic nitrogens is 1. The Morgan fingerprint density at radius 3 is 2.45 bits per heavy atom. The average molecular weight is 408 g/mol. The van der Waals surface area contributed by atoms with Gasteiger partial charge in [0.1, 0.15) is 0 Å². The van der Waals surface area contributed by atoms with Crippen molar-refractivity contribution in [2.45, 2.75) is 40.1 Å². The normalized spacial score (nSPS) is 22.8. The molecule has 1 aromatic heterocycles. The number of morpholine rings is 1. The van der Waals surface area contributed by atoms with Crippen molar-refractivity contribution in [1.82, 2.24) is 5.16 Å². The van der Waals surface area contributed by atoms with E-state index in [9.17, 15) is 0 Å². The molecule has 2 aliphatic heterocycles. The van der Waals surface area contributed by atoms with Gasteiger partial charge < -0.3 is 23.6 Å². The van der Waals surface area contributed by atoms with Crippen molar-refractivity contribution in [1.29, 1.82) is 0 Å². The molecule has 0 bridgehead atoms. The molecule has 1 aromatic carbocycles. The standard InChI is InChI=1S/C21H26F2N2O4/c1-12-7-16(29-24-12)14-8-15(20-27-10-21(3,4)11-28-20)19(18(23)17(14)22)25-5-6-26-13(2)9-25/h7-8,13,20H,5-6,9-11H2,1-4H3/t13-/m1/s1. The molecule has 0 spiro atoms. The van der Waals surface area contributed by atoms with Gasteiger partial charge in [-0.3, -0.25) is 0 Å². The van der Waals surface area contributed by atoms with Gasteiger partial charge in [0, 0.05) is 30.1 Å². The summed E-state index contributed by atoms with van der Waals surface area (Å²) in [5.41, 5.74) is 1.03. The second kappa shape index (κ2) is 7.66. The third-order valence-electron chi connectivity index (χ3n) is 5.17. The van der Waals surface area contributed by atoms with Crippen LogP contribution in [0.25, 0.3) is 11.3 Å². The van der Waals surface area contributed by atoms with Gasteiger partial charge in [0.2, 0.25) is 0 Å². The fourth-order valence-electron chi connectivity index (χ4n) is 3.70. The monoisotopic (exact) mass is 408 g/mol. The minimum Gasteiger partial charge on any atom is -0.375 e. The second-order valence-corrected chi connectivity index (χ2v) is 8.57. The van der Waals surface area contributed by atoms with E-state index in [1.54, 1.807) is 24.0 Å². The Hall–Kier alpha value is -2.03. The molecule has 3 heterocycles. The molecule has 2 aliphatic rings. The lowest BCUT2D eigenvalue weighted by Gasteiger charge is -2.38. The van der Waals surface area contributed by atoms with E-state index < -0.39 is 17.9 Å². The van der Waals surface area contributed by atoms with E-state index in [1.807, 2.05) is 20.8 Å². The van der Waals surface area contributed by atoms with Crippen molar-refractivity contribution in [2.75, 3.05) is 37.8 Å². The fraction of sp³-hybridized carbons (Fsp3) is 0.571. The molecule has 2 aromatic rings. The number of benzene rings is 1. The van der Waals surface area contributed by atoms with E-state index >= 15 is 8.78 Å². The van der Waals surface area contributed by atoms with Crippen molar-refractivity contribution < 1.29 is 27.5 Å². The van der Waals surface area contributed by atoms with Gasteiger partial charge in [-0.05, 0) is 19.9 Å². The minimum absolute atomic E-state index is 0.000177. The number of nitrogens with zero attached hydrogens (tertiary/aromatic N) is 2. The molecule has 2 fully saturated rings. The van der Waals surface area contributed by atoms with Crippen LogP contribution >= 0.6 is 0 Å². The number of hydrogen-bond acceptors (Lipinski definition) is 6. The summed E-state index contributed by atoms with van der Waals surface area (Å²) in [5.74, 6) is -1.76. The average Bonchev–Trinajstić information content (AvgIpc) is 3.10. The van der Waals surface area contributed by atoms with Crippen LogP contribution in [0.15, 0.2) is 16.7 Å². The predicted molar refractivity (Wildman–Crippen MR) is 103 cm³/mol. The maximum Gasteiger partial charge on any atom is 0.185 e. The quantitative estimate of drug-likeness (QED) is 0.758. The van der Waals surface area contributed by atoms with Crippen LogP contribution < -0.4 is 4.90 Å². The lowest BCUT2D eigenvalue weighted by molar-refractivity contribution is -0.226. The Labute approximate surface area is 168 Å². The van der Waals surface area contributed by atoms with Crippen LogP contribution in [-0.4, -0.2) is 44.2 Å². The maximum atomic E-state index is 15.4. The molecule has 2 saturated heterocycles. The highest BCUT2D eigenvalue weighted by Crippen LogP contribution is 2.41. The number of anilines is 1. The van der Waals surface area contributed by atoms with Crippen LogP contribution in [0.2, 0.25) is 0 Å². The number of halogens is 2. The van der Waals surface area contributed by atoms with Gasteiger partial charge >= 0.3 is 0 Å². The van der Waals surface area contributed by atoms with Crippen molar-refractivity contribution in [3.05, 3.63) is 35.0 Å². The van der Waals surface area contributed by atoms with Gasteiger partial charge in [0.15, 0.2) is 23.7 Å². The molecule has 0 unspecified atom stereocenters. The first-order valence-electron chi connectivity index (χ1n) is 9.80. The first kappa shape index (κ1) is 20.3. The zero-order chi connectivity index (χ0) is 20.8. The molecule has 0 radical (unpaired) electrons. The fourth-order valence-corrected chi connectivity index (χ4v) is 3.70. The van der Waals surface area contributed by atoms with Crippen molar-refractivity contribution in [3.63, 3.8) is 0 Å². The van der Waals surface area contributed by atoms with Gasteiger partial charge in [-0.1, -0.05) is 19.0 Å². The highest BCUT2D eigenvalue weighted by Gasteiger charge is 2.35. The largest absolute Gasteiger partial charge is 0.375 e. The predicted octanol–water partition coefficient (Wildman–Crippen LogP) is 4.22. The number of aryl methyl sites for hydroxylation is 1. The van der Waals surface area contributed by atoms with Crippen LogP contribution in [0.1, 0.15) is 38.3 Å². The van der Waals surface area contributed by atoms with Gasteiger partial charge in [0.25, 0.3) is 0 Å². The summed E-state index contributed by atoms with van der Waals surface area (Å²) in [5, 5.41) is 3.79. The summed E-state index contributed by atoms with van der Waals surface area (Å²) >= 11 is 0. The van der Waals surface area contributed by atoms with E-state index in [2.05, 4.69) is 5.16 Å². The Kier molecular flexibility index (Phi) is 5.35. The van der Waals surface area contributed by atoms with Crippen LogP contribution in [0, 0.1) is 24.0 Å². The summed E-state index contributed by atoms with van der Waals surface area (Å²) < 4.78 is 53.1. The second-order valence-electron chi connectivity index (χ2n) is 8.57. The maximum absolute atomic E-state index is 15.4. The molecule has 0 amide bonds. The molecule has 4 rings (SSSR count). The third kappa shape index (κ3) is 4.01. The first-order chi connectivity index (χ1) is 13.7. The molecular weight excluding hydrogens is 382 g/mol. The van der Waals surface area contributed by atoms with Gasteiger partial charge in [-0.2, -0.15) is 0 Å².